The summed E-state index contributed by atoms with van der Waals surface area (Å²) in [5.41, 5.74) is 0.737. The van der Waals surface area contributed by atoms with Crippen molar-refractivity contribution in [3.05, 3.63) is 46.8 Å². The third kappa shape index (κ3) is 1.08. The fourth-order valence-electron chi connectivity index (χ4n) is 1.87. The van der Waals surface area contributed by atoms with Gasteiger partial charge in [-0.15, -0.1) is 0 Å². The van der Waals surface area contributed by atoms with Crippen LogP contribution in [0.3, 0.4) is 0 Å². The molecule has 1 N–H and O–H groups in total. The van der Waals surface area contributed by atoms with Crippen molar-refractivity contribution >= 4 is 5.97 Å². The molecular weight excluding hydrogens is 178 g/mol. The molecule has 0 amide bonds. The molecule has 0 atom stereocenters. The van der Waals surface area contributed by atoms with Crippen molar-refractivity contribution in [2.45, 2.75) is 18.4 Å². The Balaban J connectivity index is 2.44. The first kappa shape index (κ1) is 8.76. The monoisotopic (exact) mass is 187 g/mol. The van der Waals surface area contributed by atoms with E-state index in [1.165, 1.54) is 0 Å². The fourth-order valence-corrected chi connectivity index (χ4v) is 1.87. The highest BCUT2D eigenvalue weighted by molar-refractivity contribution is 5.83. The molecule has 14 heavy (non-hydrogen) atoms. The van der Waals surface area contributed by atoms with Crippen LogP contribution in [-0.2, 0) is 17.6 Å². The van der Waals surface area contributed by atoms with Crippen LogP contribution in [-0.4, -0.2) is 16.6 Å². The fraction of sp³-hybridized carbons (Fsp3) is 0.273. The number of hydrogen-bond acceptors (Lipinski definition) is 1. The van der Waals surface area contributed by atoms with Crippen molar-refractivity contribution in [2.24, 2.45) is 0 Å². The van der Waals surface area contributed by atoms with Crippen molar-refractivity contribution in [3.8, 4) is 0 Å². The molecule has 1 aliphatic rings. The van der Waals surface area contributed by atoms with E-state index in [2.05, 4.69) is 4.85 Å². The largest absolute Gasteiger partial charge is 0.475 e. The lowest BCUT2D eigenvalue weighted by Crippen LogP contribution is -2.35. The van der Waals surface area contributed by atoms with Crippen LogP contribution in [0.5, 0.6) is 0 Å². The highest BCUT2D eigenvalue weighted by atomic mass is 16.4. The zero-order valence-electron chi connectivity index (χ0n) is 7.53. The van der Waals surface area contributed by atoms with Gasteiger partial charge in [-0.25, -0.2) is 11.4 Å². The van der Waals surface area contributed by atoms with E-state index in [-0.39, 0.29) is 0 Å². The minimum atomic E-state index is -1.25. The lowest BCUT2D eigenvalue weighted by atomic mass is 9.97. The Hall–Kier alpha value is -1.82. The molecular formula is C11H9NO2. The molecule has 3 heteroatoms. The number of carboxylic acid groups (broad SMARTS) is 1. The average Bonchev–Trinajstić information content (AvgIpc) is 2.57. The van der Waals surface area contributed by atoms with Crippen molar-refractivity contribution in [3.63, 3.8) is 0 Å². The first-order chi connectivity index (χ1) is 6.68. The Kier molecular flexibility index (Phi) is 1.78. The first-order valence-electron chi connectivity index (χ1n) is 4.37. The minimum absolute atomic E-state index is 0.335. The van der Waals surface area contributed by atoms with Gasteiger partial charge < -0.3 is 5.11 Å². The van der Waals surface area contributed by atoms with Crippen LogP contribution in [0.2, 0.25) is 0 Å². The van der Waals surface area contributed by atoms with Crippen LogP contribution in [0.4, 0.5) is 0 Å². The van der Waals surface area contributed by atoms with E-state index in [1.54, 1.807) is 0 Å². The molecule has 3 nitrogen and oxygen atoms in total. The van der Waals surface area contributed by atoms with Gasteiger partial charge in [-0.1, -0.05) is 24.3 Å². The normalized spacial score (nSPS) is 17.1. The highest BCUT2D eigenvalue weighted by Crippen LogP contribution is 2.33. The summed E-state index contributed by atoms with van der Waals surface area (Å²) in [5, 5.41) is 9.02. The standard InChI is InChI=1S/C11H9NO2/c1-12-11(10(13)14)6-8-4-2-3-5-9(8)7-11/h2-5H,6-7H2,(H,13,14). The molecule has 0 radical (unpaired) electrons. The van der Waals surface area contributed by atoms with Gasteiger partial charge in [0.1, 0.15) is 0 Å². The summed E-state index contributed by atoms with van der Waals surface area (Å²) in [6.07, 6.45) is 0.671. The van der Waals surface area contributed by atoms with Gasteiger partial charge in [0.05, 0.1) is 12.8 Å². The molecule has 0 bridgehead atoms. The second-order valence-corrected chi connectivity index (χ2v) is 3.57. The Labute approximate surface area is 81.8 Å². The van der Waals surface area contributed by atoms with Gasteiger partial charge in [-0.2, -0.15) is 0 Å². The lowest BCUT2D eigenvalue weighted by molar-refractivity contribution is -0.141. The van der Waals surface area contributed by atoms with E-state index in [1.807, 2.05) is 24.3 Å². The van der Waals surface area contributed by atoms with Gasteiger partial charge in [-0.05, 0) is 11.1 Å². The Morgan fingerprint density at radius 2 is 1.86 bits per heavy atom. The number of nitrogens with zero attached hydrogens (tertiary/aromatic N) is 1. The Morgan fingerprint density at radius 3 is 2.21 bits per heavy atom. The molecule has 1 aromatic rings. The first-order valence-corrected chi connectivity index (χ1v) is 4.37. The van der Waals surface area contributed by atoms with E-state index in [0.29, 0.717) is 12.8 Å². The van der Waals surface area contributed by atoms with Crippen LogP contribution < -0.4 is 0 Å². The quantitative estimate of drug-likeness (QED) is 0.677. The van der Waals surface area contributed by atoms with E-state index >= 15 is 0 Å². The van der Waals surface area contributed by atoms with Crippen LogP contribution >= 0.6 is 0 Å². The number of aliphatic carboxylic acids is 1. The molecule has 0 spiro atoms. The topological polar surface area (TPSA) is 41.7 Å². The predicted octanol–water partition coefficient (Wildman–Crippen LogP) is 1.53. The van der Waals surface area contributed by atoms with Gasteiger partial charge in [0.2, 0.25) is 0 Å². The zero-order chi connectivity index (χ0) is 10.2. The van der Waals surface area contributed by atoms with E-state index in [0.717, 1.165) is 11.1 Å². The summed E-state index contributed by atoms with van der Waals surface area (Å²) in [6, 6.07) is 7.54. The molecule has 0 aliphatic heterocycles. The number of hydrogen-bond donors (Lipinski definition) is 1. The maximum absolute atomic E-state index is 11.0. The summed E-state index contributed by atoms with van der Waals surface area (Å²) < 4.78 is 0. The molecule has 1 aliphatic carbocycles. The number of carbonyl (C=O) groups is 1. The maximum Gasteiger partial charge on any atom is 0.391 e. The predicted molar refractivity (Wildman–Crippen MR) is 50.8 cm³/mol. The van der Waals surface area contributed by atoms with Crippen LogP contribution in [0.15, 0.2) is 24.3 Å². The third-order valence-electron chi connectivity index (χ3n) is 2.70. The average molecular weight is 187 g/mol. The van der Waals surface area contributed by atoms with Crippen LogP contribution in [0.25, 0.3) is 4.85 Å². The molecule has 70 valence electrons. The summed E-state index contributed by atoms with van der Waals surface area (Å²) in [7, 11) is 0. The van der Waals surface area contributed by atoms with E-state index in [4.69, 9.17) is 11.7 Å². The third-order valence-corrected chi connectivity index (χ3v) is 2.70. The summed E-state index contributed by atoms with van der Waals surface area (Å²) in [6.45, 7) is 7.00. The lowest BCUT2D eigenvalue weighted by Gasteiger charge is -2.08. The molecule has 0 unspecified atom stereocenters. The number of carboxylic acids is 1. The maximum atomic E-state index is 11.0. The van der Waals surface area contributed by atoms with E-state index < -0.39 is 11.5 Å². The van der Waals surface area contributed by atoms with Gasteiger partial charge in [-0.3, -0.25) is 4.85 Å². The number of rotatable bonds is 1. The van der Waals surface area contributed by atoms with Crippen LogP contribution in [0, 0.1) is 6.57 Å². The Morgan fingerprint density at radius 1 is 1.36 bits per heavy atom. The molecule has 0 saturated heterocycles. The number of benzene rings is 1. The molecule has 0 fully saturated rings. The highest BCUT2D eigenvalue weighted by Gasteiger charge is 2.50. The molecule has 2 rings (SSSR count). The molecule has 0 heterocycles. The van der Waals surface area contributed by atoms with Gasteiger partial charge >= 0.3 is 11.5 Å². The van der Waals surface area contributed by atoms with Gasteiger partial charge in [0, 0.05) is 0 Å². The number of fused-ring (bicyclic) bond motifs is 1. The second-order valence-electron chi connectivity index (χ2n) is 3.57. The van der Waals surface area contributed by atoms with E-state index in [9.17, 15) is 4.79 Å². The van der Waals surface area contributed by atoms with Crippen molar-refractivity contribution in [1.82, 2.24) is 0 Å². The smallest absolute Gasteiger partial charge is 0.391 e. The molecule has 0 saturated carbocycles. The van der Waals surface area contributed by atoms with Crippen LogP contribution in [0.1, 0.15) is 11.1 Å². The molecule has 1 aromatic carbocycles. The van der Waals surface area contributed by atoms with Crippen molar-refractivity contribution in [2.75, 3.05) is 0 Å². The summed E-state index contributed by atoms with van der Waals surface area (Å²) >= 11 is 0. The van der Waals surface area contributed by atoms with Crippen molar-refractivity contribution < 1.29 is 9.90 Å². The molecule has 0 aromatic heterocycles. The SMILES string of the molecule is [C-]#[N+]C1(C(=O)O)Cc2ccccc2C1. The minimum Gasteiger partial charge on any atom is -0.475 e. The second kappa shape index (κ2) is 2.85. The van der Waals surface area contributed by atoms with Gasteiger partial charge in [0.25, 0.3) is 0 Å². The Bertz CT molecular complexity index is 406. The van der Waals surface area contributed by atoms with Crippen molar-refractivity contribution in [1.29, 1.82) is 0 Å². The zero-order valence-corrected chi connectivity index (χ0v) is 7.53. The summed E-state index contributed by atoms with van der Waals surface area (Å²) in [4.78, 5) is 14.3. The van der Waals surface area contributed by atoms with Gasteiger partial charge in [0.15, 0.2) is 0 Å². The summed E-state index contributed by atoms with van der Waals surface area (Å²) in [5.74, 6) is -1.01.